The number of nitrogens with zero attached hydrogens (tertiary/aromatic N) is 5. The summed E-state index contributed by atoms with van der Waals surface area (Å²) >= 11 is 0. The largest absolute Gasteiger partial charge is 0.356 e. The average Bonchev–Trinajstić information content (AvgIpc) is 3.27. The Labute approximate surface area is 186 Å². The molecule has 1 atom stereocenters. The number of aromatic amines is 1. The van der Waals surface area contributed by atoms with E-state index in [1.807, 2.05) is 24.8 Å². The van der Waals surface area contributed by atoms with Crippen LogP contribution in [0.25, 0.3) is 17.3 Å². The number of nitrogens with one attached hydrogen (secondary N) is 2. The molecule has 3 heterocycles. The number of rotatable bonds is 7. The Balaban J connectivity index is 0.00000176. The molecule has 32 heavy (non-hydrogen) atoms. The number of hydrogen-bond acceptors (Lipinski definition) is 6. The highest BCUT2D eigenvalue weighted by molar-refractivity contribution is 5.97. The SMILES string of the molecule is CC.CN(F)CC1CCCN(c2cc(-c3cnc(/C=C\C(=N)C(F)F)[nH]3)cc(C#N)n2)C1. The first-order chi connectivity index (χ1) is 15.4. The van der Waals surface area contributed by atoms with Crippen LogP contribution >= 0.6 is 0 Å². The van der Waals surface area contributed by atoms with Crippen molar-refractivity contribution < 1.29 is 13.3 Å². The third-order valence-electron chi connectivity index (χ3n) is 4.84. The first-order valence-electron chi connectivity index (χ1n) is 10.5. The van der Waals surface area contributed by atoms with Crippen LogP contribution in [0, 0.1) is 22.7 Å². The van der Waals surface area contributed by atoms with Crippen LogP contribution in [-0.4, -0.2) is 58.9 Å². The van der Waals surface area contributed by atoms with Gasteiger partial charge in [0.25, 0.3) is 6.43 Å². The molecule has 2 N–H and O–H groups in total. The van der Waals surface area contributed by atoms with Gasteiger partial charge < -0.3 is 9.88 Å². The number of nitriles is 1. The molecule has 3 rings (SSSR count). The van der Waals surface area contributed by atoms with E-state index >= 15 is 0 Å². The molecule has 0 spiro atoms. The van der Waals surface area contributed by atoms with E-state index < -0.39 is 12.1 Å². The molecule has 2 aromatic heterocycles. The van der Waals surface area contributed by atoms with E-state index in [4.69, 9.17) is 5.41 Å². The van der Waals surface area contributed by atoms with E-state index in [1.54, 1.807) is 6.07 Å². The minimum absolute atomic E-state index is 0.166. The number of alkyl halides is 2. The van der Waals surface area contributed by atoms with Crippen molar-refractivity contribution in [2.24, 2.45) is 5.92 Å². The van der Waals surface area contributed by atoms with Crippen LogP contribution in [0.3, 0.4) is 0 Å². The van der Waals surface area contributed by atoms with E-state index in [9.17, 15) is 18.5 Å². The Bertz CT molecular complexity index is 963. The molecule has 1 aliphatic rings. The van der Waals surface area contributed by atoms with Gasteiger partial charge in [-0.2, -0.15) is 5.26 Å². The predicted octanol–water partition coefficient (Wildman–Crippen LogP) is 4.70. The molecule has 7 nitrogen and oxygen atoms in total. The standard InChI is InChI=1S/C20H22F3N7.C2H6/c1-29(23)11-13-3-2-6-30(12-13)19-8-14(7-15(9-24)27-19)17-10-26-18(28-17)5-4-16(25)20(21)22;1-2/h4-5,7-8,10,13,20,25H,2-3,6,11-12H2,1H3,(H,26,28);1-2H3/b5-4-,25-16?;. The van der Waals surface area contributed by atoms with Crippen LogP contribution in [0.15, 0.2) is 24.4 Å². The van der Waals surface area contributed by atoms with Gasteiger partial charge in [0, 0.05) is 32.2 Å². The maximum atomic E-state index is 13.3. The van der Waals surface area contributed by atoms with Crippen molar-refractivity contribution >= 4 is 17.6 Å². The maximum absolute atomic E-state index is 13.3. The van der Waals surface area contributed by atoms with Gasteiger partial charge in [0.15, 0.2) is 0 Å². The Kier molecular flexibility index (Phi) is 9.40. The summed E-state index contributed by atoms with van der Waals surface area (Å²) in [5.41, 5.74) is 0.704. The molecule has 0 amide bonds. The third kappa shape index (κ3) is 6.92. The number of pyridine rings is 1. The molecule has 10 heteroatoms. The molecule has 1 aliphatic heterocycles. The summed E-state index contributed by atoms with van der Waals surface area (Å²) in [5, 5.41) is 17.2. The van der Waals surface area contributed by atoms with E-state index in [1.165, 1.54) is 19.3 Å². The van der Waals surface area contributed by atoms with Crippen LogP contribution in [-0.2, 0) is 0 Å². The lowest BCUT2D eigenvalue weighted by Crippen LogP contribution is -2.39. The zero-order valence-electron chi connectivity index (χ0n) is 18.4. The van der Waals surface area contributed by atoms with Crippen LogP contribution in [0.5, 0.6) is 0 Å². The Morgan fingerprint density at radius 1 is 1.44 bits per heavy atom. The first kappa shape index (κ1) is 25.1. The average molecular weight is 448 g/mol. The summed E-state index contributed by atoms with van der Waals surface area (Å²) in [6.07, 6.45) is 2.81. The Morgan fingerprint density at radius 2 is 2.19 bits per heavy atom. The van der Waals surface area contributed by atoms with Crippen molar-refractivity contribution in [2.75, 3.05) is 31.6 Å². The fourth-order valence-electron chi connectivity index (χ4n) is 3.48. The van der Waals surface area contributed by atoms with Gasteiger partial charge in [-0.3, -0.25) is 5.41 Å². The van der Waals surface area contributed by atoms with Gasteiger partial charge in [-0.15, -0.1) is 9.60 Å². The van der Waals surface area contributed by atoms with Gasteiger partial charge in [0.2, 0.25) is 0 Å². The Hall–Kier alpha value is -3.19. The summed E-state index contributed by atoms with van der Waals surface area (Å²) in [6, 6.07) is 5.49. The monoisotopic (exact) mass is 447 g/mol. The summed E-state index contributed by atoms with van der Waals surface area (Å²) in [7, 11) is 1.40. The molecule has 0 aliphatic carbocycles. The van der Waals surface area contributed by atoms with Crippen LogP contribution < -0.4 is 4.90 Å². The summed E-state index contributed by atoms with van der Waals surface area (Å²) in [5.74, 6) is 1.11. The van der Waals surface area contributed by atoms with Gasteiger partial charge in [0.05, 0.1) is 17.6 Å². The molecular weight excluding hydrogens is 419 g/mol. The van der Waals surface area contributed by atoms with Gasteiger partial charge >= 0.3 is 0 Å². The van der Waals surface area contributed by atoms with E-state index in [0.717, 1.165) is 25.5 Å². The fourth-order valence-corrected chi connectivity index (χ4v) is 3.48. The van der Waals surface area contributed by atoms with E-state index in [0.29, 0.717) is 41.1 Å². The van der Waals surface area contributed by atoms with Gasteiger partial charge in [0.1, 0.15) is 23.4 Å². The summed E-state index contributed by atoms with van der Waals surface area (Å²) in [6.45, 7) is 5.74. The molecule has 0 saturated carbocycles. The number of H-pyrrole nitrogens is 1. The quantitative estimate of drug-likeness (QED) is 0.474. The van der Waals surface area contributed by atoms with Crippen molar-refractivity contribution in [3.63, 3.8) is 0 Å². The second-order valence-electron chi connectivity index (χ2n) is 7.22. The number of hydrogen-bond donors (Lipinski definition) is 2. The predicted molar refractivity (Wildman–Crippen MR) is 119 cm³/mol. The molecule has 2 aromatic rings. The maximum Gasteiger partial charge on any atom is 0.279 e. The molecule has 0 radical (unpaired) electrons. The summed E-state index contributed by atoms with van der Waals surface area (Å²) < 4.78 is 38.1. The van der Waals surface area contributed by atoms with Crippen molar-refractivity contribution in [3.8, 4) is 17.3 Å². The molecule has 172 valence electrons. The van der Waals surface area contributed by atoms with Gasteiger partial charge in [-0.05, 0) is 43.0 Å². The number of allylic oxidation sites excluding steroid dienone is 1. The van der Waals surface area contributed by atoms with Crippen LogP contribution in [0.2, 0.25) is 0 Å². The zero-order valence-corrected chi connectivity index (χ0v) is 18.4. The zero-order chi connectivity index (χ0) is 23.7. The molecule has 0 bridgehead atoms. The third-order valence-corrected chi connectivity index (χ3v) is 4.84. The number of piperidine rings is 1. The van der Waals surface area contributed by atoms with Crippen LogP contribution in [0.4, 0.5) is 19.1 Å². The second-order valence-corrected chi connectivity index (χ2v) is 7.22. The van der Waals surface area contributed by atoms with Crippen molar-refractivity contribution in [1.82, 2.24) is 20.1 Å². The highest BCUT2D eigenvalue weighted by atomic mass is 19.3. The highest BCUT2D eigenvalue weighted by Gasteiger charge is 2.23. The lowest BCUT2D eigenvalue weighted by molar-refractivity contribution is 0.0382. The van der Waals surface area contributed by atoms with Crippen LogP contribution in [0.1, 0.15) is 38.2 Å². The Morgan fingerprint density at radius 3 is 2.84 bits per heavy atom. The lowest BCUT2D eigenvalue weighted by Gasteiger charge is -2.34. The van der Waals surface area contributed by atoms with E-state index in [2.05, 4.69) is 21.0 Å². The smallest absolute Gasteiger partial charge is 0.279 e. The molecule has 1 unspecified atom stereocenters. The normalized spacial score (nSPS) is 16.2. The summed E-state index contributed by atoms with van der Waals surface area (Å²) in [4.78, 5) is 13.5. The van der Waals surface area contributed by atoms with Crippen molar-refractivity contribution in [2.45, 2.75) is 33.1 Å². The van der Waals surface area contributed by atoms with Crippen molar-refractivity contribution in [3.05, 3.63) is 35.9 Å². The minimum atomic E-state index is -2.85. The number of aromatic nitrogens is 3. The fraction of sp³-hybridized carbons (Fsp3) is 0.455. The molecule has 0 aromatic carbocycles. The van der Waals surface area contributed by atoms with Gasteiger partial charge in [-0.1, -0.05) is 13.8 Å². The molecule has 1 saturated heterocycles. The number of halogens is 3. The van der Waals surface area contributed by atoms with Gasteiger partial charge in [-0.25, -0.2) is 18.7 Å². The first-order valence-corrected chi connectivity index (χ1v) is 10.5. The topological polar surface area (TPSA) is 95.7 Å². The minimum Gasteiger partial charge on any atom is -0.356 e. The molecular formula is C22H28F3N7. The number of imidazole rings is 1. The van der Waals surface area contributed by atoms with Crippen molar-refractivity contribution in [1.29, 1.82) is 10.7 Å². The molecule has 1 fully saturated rings. The number of anilines is 1. The van der Waals surface area contributed by atoms with E-state index in [-0.39, 0.29) is 11.6 Å². The second kappa shape index (κ2) is 12.0. The highest BCUT2D eigenvalue weighted by Crippen LogP contribution is 2.27. The lowest BCUT2D eigenvalue weighted by atomic mass is 9.98.